The Morgan fingerprint density at radius 3 is 2.29 bits per heavy atom. The molecule has 1 saturated carbocycles. The van der Waals surface area contributed by atoms with E-state index in [-0.39, 0.29) is 5.82 Å². The summed E-state index contributed by atoms with van der Waals surface area (Å²) in [4.78, 5) is 13.4. The van der Waals surface area contributed by atoms with Gasteiger partial charge in [-0.3, -0.25) is 5.32 Å². The molecule has 172 valence electrons. The van der Waals surface area contributed by atoms with Crippen molar-refractivity contribution >= 4 is 34.7 Å². The predicted octanol–water partition coefficient (Wildman–Crippen LogP) is 9.06. The summed E-state index contributed by atoms with van der Waals surface area (Å²) in [6.07, 6.45) is 1.37. The van der Waals surface area contributed by atoms with E-state index >= 15 is 0 Å². The molecule has 1 N–H and O–H groups in total. The average molecular weight is 492 g/mol. The van der Waals surface area contributed by atoms with Gasteiger partial charge >= 0.3 is 6.09 Å². The third-order valence-corrected chi connectivity index (χ3v) is 7.29. The zero-order valence-electron chi connectivity index (χ0n) is 18.6. The normalized spacial score (nSPS) is 14.0. The Morgan fingerprint density at radius 2 is 1.65 bits per heavy atom. The predicted molar refractivity (Wildman–Crippen MR) is 137 cm³/mol. The Hall–Kier alpha value is -3.15. The van der Waals surface area contributed by atoms with Gasteiger partial charge in [-0.05, 0) is 71.7 Å². The number of carbonyl (C=O) groups is 1. The smallest absolute Gasteiger partial charge is 0.412 e. The molecule has 1 amide bonds. The minimum Gasteiger partial charge on any atom is -0.441 e. The van der Waals surface area contributed by atoms with Gasteiger partial charge < -0.3 is 4.74 Å². The van der Waals surface area contributed by atoms with Crippen molar-refractivity contribution in [1.29, 1.82) is 0 Å². The second-order valence-electron chi connectivity index (χ2n) is 8.49. The number of nitrogens with one attached hydrogen (secondary N) is 1. The molecule has 0 saturated heterocycles. The molecule has 1 aromatic heterocycles. The van der Waals surface area contributed by atoms with E-state index in [1.807, 2.05) is 12.1 Å². The lowest BCUT2D eigenvalue weighted by Gasteiger charge is -2.14. The van der Waals surface area contributed by atoms with Crippen molar-refractivity contribution in [3.8, 4) is 21.6 Å². The number of anilines is 1. The number of carbonyl (C=O) groups excluding carboxylic acids is 1. The van der Waals surface area contributed by atoms with Crippen LogP contribution < -0.4 is 5.32 Å². The zero-order chi connectivity index (χ0) is 23.7. The maximum absolute atomic E-state index is 13.5. The number of hydrogen-bond donors (Lipinski definition) is 1. The molecule has 6 heteroatoms. The van der Waals surface area contributed by atoms with Crippen LogP contribution >= 0.6 is 22.9 Å². The van der Waals surface area contributed by atoms with Crippen molar-refractivity contribution in [3.05, 3.63) is 100 Å². The standard InChI is InChI=1S/C28H23ClFNO2S/c1-17(23-3-2-4-24(30)15-23)33-28(32)31-25-16-26(29)34-27(25)22-13-11-21(12-14-22)20-9-7-19(8-10-20)18-5-6-18/h2-4,7-18H,5-6H2,1H3,(H,31,32). The molecule has 3 aromatic carbocycles. The van der Waals surface area contributed by atoms with Crippen LogP contribution in [0.1, 0.15) is 42.9 Å². The molecule has 0 aliphatic heterocycles. The number of benzene rings is 3. The lowest BCUT2D eigenvalue weighted by Crippen LogP contribution is -2.16. The van der Waals surface area contributed by atoms with E-state index in [9.17, 15) is 9.18 Å². The highest BCUT2D eigenvalue weighted by atomic mass is 35.5. The van der Waals surface area contributed by atoms with E-state index < -0.39 is 12.2 Å². The molecular formula is C28H23ClFNO2S. The van der Waals surface area contributed by atoms with Gasteiger partial charge in [0.25, 0.3) is 0 Å². The van der Waals surface area contributed by atoms with Crippen molar-refractivity contribution in [3.63, 3.8) is 0 Å². The van der Waals surface area contributed by atoms with Gasteiger partial charge in [-0.2, -0.15) is 0 Å². The second kappa shape index (κ2) is 9.61. The fourth-order valence-corrected chi connectivity index (χ4v) is 5.16. The lowest BCUT2D eigenvalue weighted by atomic mass is 10.0. The fourth-order valence-electron chi connectivity index (χ4n) is 3.97. The summed E-state index contributed by atoms with van der Waals surface area (Å²) in [5, 5.41) is 2.79. The van der Waals surface area contributed by atoms with Crippen LogP contribution in [-0.2, 0) is 4.74 Å². The van der Waals surface area contributed by atoms with Crippen molar-refractivity contribution in [2.45, 2.75) is 31.8 Å². The van der Waals surface area contributed by atoms with E-state index in [4.69, 9.17) is 16.3 Å². The first-order chi connectivity index (χ1) is 16.5. The molecule has 1 fully saturated rings. The maximum atomic E-state index is 13.5. The average Bonchev–Trinajstić information content (AvgIpc) is 3.62. The van der Waals surface area contributed by atoms with Gasteiger partial charge in [-0.25, -0.2) is 9.18 Å². The molecule has 1 aliphatic rings. The SMILES string of the molecule is CC(OC(=O)Nc1cc(Cl)sc1-c1ccc(-c2ccc(C3CC3)cc2)cc1)c1cccc(F)c1. The molecule has 1 unspecified atom stereocenters. The Bertz CT molecular complexity index is 1310. The molecule has 0 spiro atoms. The molecule has 1 atom stereocenters. The molecule has 4 aromatic rings. The summed E-state index contributed by atoms with van der Waals surface area (Å²) in [6.45, 7) is 1.70. The number of hydrogen-bond acceptors (Lipinski definition) is 3. The number of thiophene rings is 1. The maximum Gasteiger partial charge on any atom is 0.412 e. The second-order valence-corrected chi connectivity index (χ2v) is 10.2. The molecule has 5 rings (SSSR count). The van der Waals surface area contributed by atoms with Gasteiger partial charge in [0, 0.05) is 0 Å². The molecular weight excluding hydrogens is 469 g/mol. The van der Waals surface area contributed by atoms with E-state index in [2.05, 4.69) is 41.7 Å². The topological polar surface area (TPSA) is 38.3 Å². The molecule has 1 aliphatic carbocycles. The van der Waals surface area contributed by atoms with Crippen LogP contribution in [0.4, 0.5) is 14.9 Å². The first kappa shape index (κ1) is 22.6. The largest absolute Gasteiger partial charge is 0.441 e. The zero-order valence-corrected chi connectivity index (χ0v) is 20.1. The molecule has 1 heterocycles. The summed E-state index contributed by atoms with van der Waals surface area (Å²) in [5.41, 5.74) is 5.83. The van der Waals surface area contributed by atoms with Crippen LogP contribution in [0.3, 0.4) is 0 Å². The molecule has 0 bridgehead atoms. The van der Waals surface area contributed by atoms with Crippen LogP contribution in [0, 0.1) is 5.82 Å². The molecule has 3 nitrogen and oxygen atoms in total. The van der Waals surface area contributed by atoms with E-state index in [1.165, 1.54) is 47.4 Å². The van der Waals surface area contributed by atoms with Gasteiger partial charge in [-0.15, -0.1) is 11.3 Å². The Balaban J connectivity index is 1.29. The number of amides is 1. The van der Waals surface area contributed by atoms with Gasteiger partial charge in [-0.1, -0.05) is 72.3 Å². The van der Waals surface area contributed by atoms with Gasteiger partial charge in [0.05, 0.1) is 14.9 Å². The monoisotopic (exact) mass is 491 g/mol. The molecule has 0 radical (unpaired) electrons. The van der Waals surface area contributed by atoms with Crippen LogP contribution in [-0.4, -0.2) is 6.09 Å². The minimum absolute atomic E-state index is 0.373. The Morgan fingerprint density at radius 1 is 1.00 bits per heavy atom. The van der Waals surface area contributed by atoms with Crippen molar-refractivity contribution in [2.24, 2.45) is 0 Å². The van der Waals surface area contributed by atoms with Crippen LogP contribution in [0.15, 0.2) is 78.9 Å². The van der Waals surface area contributed by atoms with E-state index in [1.54, 1.807) is 25.1 Å². The highest BCUT2D eigenvalue weighted by molar-refractivity contribution is 7.20. The summed E-state index contributed by atoms with van der Waals surface area (Å²) in [6, 6.07) is 24.7. The summed E-state index contributed by atoms with van der Waals surface area (Å²) in [5.74, 6) is 0.372. The highest BCUT2D eigenvalue weighted by Crippen LogP contribution is 2.41. The minimum atomic E-state index is -0.625. The summed E-state index contributed by atoms with van der Waals surface area (Å²) >= 11 is 7.66. The summed E-state index contributed by atoms with van der Waals surface area (Å²) in [7, 11) is 0. The lowest BCUT2D eigenvalue weighted by molar-refractivity contribution is 0.121. The summed E-state index contributed by atoms with van der Waals surface area (Å²) < 4.78 is 19.5. The van der Waals surface area contributed by atoms with E-state index in [0.717, 1.165) is 21.9 Å². The fraction of sp³-hybridized carbons (Fsp3) is 0.179. The number of rotatable bonds is 6. The number of halogens is 2. The first-order valence-electron chi connectivity index (χ1n) is 11.2. The highest BCUT2D eigenvalue weighted by Gasteiger charge is 2.23. The van der Waals surface area contributed by atoms with Gasteiger partial charge in [0.15, 0.2) is 0 Å². The Labute approximate surface area is 207 Å². The van der Waals surface area contributed by atoms with Gasteiger partial charge in [0.1, 0.15) is 11.9 Å². The van der Waals surface area contributed by atoms with Gasteiger partial charge in [0.2, 0.25) is 0 Å². The van der Waals surface area contributed by atoms with E-state index in [0.29, 0.717) is 15.6 Å². The third kappa shape index (κ3) is 5.16. The first-order valence-corrected chi connectivity index (χ1v) is 12.4. The van der Waals surface area contributed by atoms with Crippen molar-refractivity contribution < 1.29 is 13.9 Å². The Kier molecular flexibility index (Phi) is 6.40. The van der Waals surface area contributed by atoms with Crippen LogP contribution in [0.25, 0.3) is 21.6 Å². The third-order valence-electron chi connectivity index (χ3n) is 5.98. The van der Waals surface area contributed by atoms with Crippen LogP contribution in [0.5, 0.6) is 0 Å². The van der Waals surface area contributed by atoms with Crippen LogP contribution in [0.2, 0.25) is 4.34 Å². The quantitative estimate of drug-likeness (QED) is 0.292. The van der Waals surface area contributed by atoms with Crippen molar-refractivity contribution in [1.82, 2.24) is 0 Å². The van der Waals surface area contributed by atoms with Crippen molar-refractivity contribution in [2.75, 3.05) is 5.32 Å². The number of ether oxygens (including phenoxy) is 1. The molecule has 34 heavy (non-hydrogen) atoms.